The fraction of sp³-hybridized carbons (Fsp3) is 0.381. The molecular weight excluding hydrogens is 390 g/mol. The first-order valence-corrected chi connectivity index (χ1v) is 11.4. The number of hydrogen-bond donors (Lipinski definition) is 0. The molecule has 0 aliphatic carbocycles. The van der Waals surface area contributed by atoms with Crippen LogP contribution in [0, 0.1) is 0 Å². The zero-order valence-electron chi connectivity index (χ0n) is 16.6. The SMILES string of the molecule is COC(=O)c1cc(C(C)C)nc2c1c(-c1ccccc1)nn2C1CCS(=O)(=O)C1. The van der Waals surface area contributed by atoms with Crippen LogP contribution in [0.3, 0.4) is 0 Å². The summed E-state index contributed by atoms with van der Waals surface area (Å²) in [5.74, 6) is -0.222. The Morgan fingerprint density at radius 1 is 1.24 bits per heavy atom. The van der Waals surface area contributed by atoms with Crippen molar-refractivity contribution >= 4 is 26.8 Å². The Bertz CT molecular complexity index is 1180. The molecule has 1 fully saturated rings. The molecule has 0 saturated carbocycles. The Balaban J connectivity index is 2.05. The first kappa shape index (κ1) is 19.6. The molecule has 4 rings (SSSR count). The third kappa shape index (κ3) is 3.53. The third-order valence-corrected chi connectivity index (χ3v) is 7.03. The van der Waals surface area contributed by atoms with E-state index in [9.17, 15) is 13.2 Å². The van der Waals surface area contributed by atoms with E-state index in [1.165, 1.54) is 7.11 Å². The Morgan fingerprint density at radius 2 is 1.97 bits per heavy atom. The monoisotopic (exact) mass is 413 g/mol. The number of benzene rings is 1. The van der Waals surface area contributed by atoms with Gasteiger partial charge in [-0.25, -0.2) is 22.9 Å². The normalized spacial score (nSPS) is 18.4. The Morgan fingerprint density at radius 3 is 2.55 bits per heavy atom. The van der Waals surface area contributed by atoms with Gasteiger partial charge in [0.25, 0.3) is 0 Å². The minimum Gasteiger partial charge on any atom is -0.465 e. The van der Waals surface area contributed by atoms with E-state index < -0.39 is 15.8 Å². The Hall–Kier alpha value is -2.74. The molecule has 0 amide bonds. The summed E-state index contributed by atoms with van der Waals surface area (Å²) in [4.78, 5) is 17.4. The molecule has 7 nitrogen and oxygen atoms in total. The number of carbonyl (C=O) groups is 1. The molecule has 0 spiro atoms. The minimum absolute atomic E-state index is 0.0269. The Labute approximate surface area is 169 Å². The van der Waals surface area contributed by atoms with E-state index in [0.717, 1.165) is 11.3 Å². The molecule has 29 heavy (non-hydrogen) atoms. The maximum Gasteiger partial charge on any atom is 0.338 e. The number of esters is 1. The standard InChI is InChI=1S/C21H23N3O4S/c1-13(2)17-11-16(21(25)28-3)18-19(14-7-5-4-6-8-14)23-24(20(18)22-17)15-9-10-29(26,27)12-15/h4-8,11,13,15H,9-10,12H2,1-3H3. The van der Waals surface area contributed by atoms with Gasteiger partial charge in [-0.15, -0.1) is 0 Å². The average molecular weight is 413 g/mol. The van der Waals surface area contributed by atoms with Crippen LogP contribution in [0.25, 0.3) is 22.3 Å². The first-order valence-electron chi connectivity index (χ1n) is 9.58. The summed E-state index contributed by atoms with van der Waals surface area (Å²) in [5.41, 5.74) is 3.10. The second-order valence-corrected chi connectivity index (χ2v) is 9.88. The van der Waals surface area contributed by atoms with Crippen molar-refractivity contribution in [3.63, 3.8) is 0 Å². The number of fused-ring (bicyclic) bond motifs is 1. The first-order chi connectivity index (χ1) is 13.8. The van der Waals surface area contributed by atoms with E-state index in [-0.39, 0.29) is 23.5 Å². The fourth-order valence-corrected chi connectivity index (χ4v) is 5.43. The van der Waals surface area contributed by atoms with Gasteiger partial charge in [0.1, 0.15) is 5.69 Å². The number of aromatic nitrogens is 3. The maximum atomic E-state index is 12.6. The van der Waals surface area contributed by atoms with E-state index in [4.69, 9.17) is 14.8 Å². The van der Waals surface area contributed by atoms with Gasteiger partial charge < -0.3 is 4.74 Å². The van der Waals surface area contributed by atoms with Crippen LogP contribution in [-0.2, 0) is 14.6 Å². The van der Waals surface area contributed by atoms with Crippen LogP contribution in [0.5, 0.6) is 0 Å². The number of pyridine rings is 1. The number of nitrogens with zero attached hydrogens (tertiary/aromatic N) is 3. The summed E-state index contributed by atoms with van der Waals surface area (Å²) >= 11 is 0. The quantitative estimate of drug-likeness (QED) is 0.609. The lowest BCUT2D eigenvalue weighted by atomic mass is 10.0. The highest BCUT2D eigenvalue weighted by molar-refractivity contribution is 7.91. The highest BCUT2D eigenvalue weighted by atomic mass is 32.2. The van der Waals surface area contributed by atoms with Crippen LogP contribution >= 0.6 is 0 Å². The van der Waals surface area contributed by atoms with Crippen molar-refractivity contribution in [3.8, 4) is 11.3 Å². The molecule has 1 atom stereocenters. The highest BCUT2D eigenvalue weighted by Crippen LogP contribution is 2.35. The van der Waals surface area contributed by atoms with Crippen LogP contribution in [0.2, 0.25) is 0 Å². The van der Waals surface area contributed by atoms with E-state index in [1.54, 1.807) is 10.7 Å². The molecule has 1 aliphatic rings. The Kier molecular flexibility index (Phi) is 4.90. The van der Waals surface area contributed by atoms with E-state index in [2.05, 4.69) is 0 Å². The molecule has 1 unspecified atom stereocenters. The lowest BCUT2D eigenvalue weighted by molar-refractivity contribution is 0.0602. The highest BCUT2D eigenvalue weighted by Gasteiger charge is 2.33. The van der Waals surface area contributed by atoms with E-state index in [0.29, 0.717) is 28.7 Å². The zero-order chi connectivity index (χ0) is 20.8. The van der Waals surface area contributed by atoms with Crippen LogP contribution in [0.15, 0.2) is 36.4 Å². The third-order valence-electron chi connectivity index (χ3n) is 5.28. The predicted molar refractivity (Wildman–Crippen MR) is 111 cm³/mol. The molecule has 2 aromatic heterocycles. The summed E-state index contributed by atoms with van der Waals surface area (Å²) in [5, 5.41) is 5.36. The number of ether oxygens (including phenoxy) is 1. The van der Waals surface area contributed by atoms with Crippen LogP contribution in [-0.4, -0.2) is 47.8 Å². The molecule has 1 aliphatic heterocycles. The number of sulfone groups is 1. The lowest BCUT2D eigenvalue weighted by Gasteiger charge is -2.12. The number of hydrogen-bond acceptors (Lipinski definition) is 6. The van der Waals surface area contributed by atoms with Gasteiger partial charge in [-0.3, -0.25) is 0 Å². The summed E-state index contributed by atoms with van der Waals surface area (Å²) < 4.78 is 30.9. The van der Waals surface area contributed by atoms with Crippen LogP contribution in [0.1, 0.15) is 48.3 Å². The molecule has 3 aromatic rings. The topological polar surface area (TPSA) is 91.2 Å². The second-order valence-electron chi connectivity index (χ2n) is 7.66. The van der Waals surface area contributed by atoms with Gasteiger partial charge in [0.05, 0.1) is 35.6 Å². The molecule has 0 N–H and O–H groups in total. The van der Waals surface area contributed by atoms with Gasteiger partial charge in [-0.05, 0) is 18.4 Å². The summed E-state index contributed by atoms with van der Waals surface area (Å²) in [6.45, 7) is 3.99. The van der Waals surface area contributed by atoms with Crippen molar-refractivity contribution in [2.45, 2.75) is 32.2 Å². The molecule has 1 aromatic carbocycles. The van der Waals surface area contributed by atoms with Crippen LogP contribution in [0.4, 0.5) is 0 Å². The van der Waals surface area contributed by atoms with Crippen molar-refractivity contribution in [1.29, 1.82) is 0 Å². The molecule has 3 heterocycles. The van der Waals surface area contributed by atoms with Crippen molar-refractivity contribution < 1.29 is 17.9 Å². The van der Waals surface area contributed by atoms with Gasteiger partial charge in [0.2, 0.25) is 0 Å². The van der Waals surface area contributed by atoms with Gasteiger partial charge >= 0.3 is 5.97 Å². The minimum atomic E-state index is -3.11. The van der Waals surface area contributed by atoms with Crippen LogP contribution < -0.4 is 0 Å². The molecular formula is C21H23N3O4S. The van der Waals surface area contributed by atoms with Crippen molar-refractivity contribution in [3.05, 3.63) is 47.7 Å². The largest absolute Gasteiger partial charge is 0.465 e. The maximum absolute atomic E-state index is 12.6. The predicted octanol–water partition coefficient (Wildman–Crippen LogP) is 3.37. The van der Waals surface area contributed by atoms with E-state index in [1.807, 2.05) is 44.2 Å². The average Bonchev–Trinajstić information content (AvgIpc) is 3.27. The van der Waals surface area contributed by atoms with Crippen molar-refractivity contribution in [2.24, 2.45) is 0 Å². The molecule has 1 saturated heterocycles. The smallest absolute Gasteiger partial charge is 0.338 e. The summed E-state index contributed by atoms with van der Waals surface area (Å²) in [6.07, 6.45) is 0.481. The van der Waals surface area contributed by atoms with Crippen molar-refractivity contribution in [1.82, 2.24) is 14.8 Å². The molecule has 0 radical (unpaired) electrons. The van der Waals surface area contributed by atoms with Gasteiger partial charge in [-0.1, -0.05) is 44.2 Å². The molecule has 0 bridgehead atoms. The number of carbonyl (C=O) groups excluding carboxylic acids is 1. The lowest BCUT2D eigenvalue weighted by Crippen LogP contribution is -2.14. The fourth-order valence-electron chi connectivity index (χ4n) is 3.74. The molecule has 152 valence electrons. The zero-order valence-corrected chi connectivity index (χ0v) is 17.4. The van der Waals surface area contributed by atoms with Gasteiger partial charge in [0, 0.05) is 11.3 Å². The second kappa shape index (κ2) is 7.26. The number of rotatable bonds is 4. The van der Waals surface area contributed by atoms with Gasteiger partial charge in [-0.2, -0.15) is 5.10 Å². The van der Waals surface area contributed by atoms with Crippen molar-refractivity contribution in [2.75, 3.05) is 18.6 Å². The van der Waals surface area contributed by atoms with E-state index >= 15 is 0 Å². The summed E-state index contributed by atoms with van der Waals surface area (Å²) in [7, 11) is -1.76. The van der Waals surface area contributed by atoms with Gasteiger partial charge in [0.15, 0.2) is 15.5 Å². The number of methoxy groups -OCH3 is 1. The summed E-state index contributed by atoms with van der Waals surface area (Å²) in [6, 6.07) is 11.0. The molecule has 8 heteroatoms.